The van der Waals surface area contributed by atoms with Gasteiger partial charge in [0.2, 0.25) is 11.9 Å². The van der Waals surface area contributed by atoms with E-state index in [0.29, 0.717) is 17.3 Å². The van der Waals surface area contributed by atoms with Crippen LogP contribution in [0.1, 0.15) is 18.4 Å². The van der Waals surface area contributed by atoms with Gasteiger partial charge in [-0.05, 0) is 37.1 Å². The summed E-state index contributed by atoms with van der Waals surface area (Å²) in [6.07, 6.45) is 1.86. The summed E-state index contributed by atoms with van der Waals surface area (Å²) in [5.41, 5.74) is 2.00. The minimum Gasteiger partial charge on any atom is -0.497 e. The Labute approximate surface area is 181 Å². The molecule has 162 valence electrons. The van der Waals surface area contributed by atoms with Crippen molar-refractivity contribution in [3.05, 3.63) is 54.1 Å². The molecule has 1 atom stereocenters. The van der Waals surface area contributed by atoms with Crippen molar-refractivity contribution in [2.45, 2.75) is 19.4 Å². The Morgan fingerprint density at radius 2 is 2.03 bits per heavy atom. The summed E-state index contributed by atoms with van der Waals surface area (Å²) in [6, 6.07) is 15.8. The van der Waals surface area contributed by atoms with Gasteiger partial charge in [0.25, 0.3) is 0 Å². The molecule has 0 saturated carbocycles. The number of benzene rings is 2. The highest BCUT2D eigenvalue weighted by Gasteiger charge is 2.26. The monoisotopic (exact) mass is 421 g/mol. The highest BCUT2D eigenvalue weighted by molar-refractivity contribution is 5.91. The van der Waals surface area contributed by atoms with Crippen LogP contribution in [0.4, 0.5) is 5.95 Å². The van der Waals surface area contributed by atoms with Crippen LogP contribution in [0.2, 0.25) is 0 Å². The smallest absolute Gasteiger partial charge is 0.249 e. The number of piperidine rings is 1. The molecule has 2 heterocycles. The van der Waals surface area contributed by atoms with Crippen molar-refractivity contribution in [3.8, 4) is 22.9 Å². The van der Waals surface area contributed by atoms with E-state index in [1.807, 2.05) is 30.3 Å². The van der Waals surface area contributed by atoms with Crippen molar-refractivity contribution in [2.24, 2.45) is 5.92 Å². The molecule has 1 amide bonds. The molecule has 4 rings (SSSR count). The normalized spacial score (nSPS) is 16.6. The van der Waals surface area contributed by atoms with Gasteiger partial charge >= 0.3 is 0 Å². The van der Waals surface area contributed by atoms with Gasteiger partial charge in [-0.15, -0.1) is 5.10 Å². The van der Waals surface area contributed by atoms with Gasteiger partial charge in [-0.1, -0.05) is 30.3 Å². The second kappa shape index (κ2) is 9.61. The third-order valence-corrected chi connectivity index (χ3v) is 5.51. The third-order valence-electron chi connectivity index (χ3n) is 5.51. The van der Waals surface area contributed by atoms with Crippen molar-refractivity contribution in [2.75, 3.05) is 32.6 Å². The van der Waals surface area contributed by atoms with Crippen LogP contribution < -0.4 is 14.8 Å². The van der Waals surface area contributed by atoms with Crippen LogP contribution in [0, 0.1) is 5.92 Å². The minimum absolute atomic E-state index is 0.0509. The largest absolute Gasteiger partial charge is 0.497 e. The summed E-state index contributed by atoms with van der Waals surface area (Å²) in [4.78, 5) is 19.6. The third kappa shape index (κ3) is 5.03. The Kier molecular flexibility index (Phi) is 6.47. The number of carbonyl (C=O) groups excluding carboxylic acids is 1. The Bertz CT molecular complexity index is 1020. The number of rotatable bonds is 7. The summed E-state index contributed by atoms with van der Waals surface area (Å²) in [5.74, 6) is 1.94. The molecular formula is C23H27N5O3. The molecule has 0 bridgehead atoms. The predicted octanol–water partition coefficient (Wildman–Crippen LogP) is 3.34. The fraction of sp³-hybridized carbons (Fsp3) is 0.348. The molecule has 1 fully saturated rings. The zero-order valence-electron chi connectivity index (χ0n) is 17.8. The molecule has 2 aromatic carbocycles. The van der Waals surface area contributed by atoms with E-state index < -0.39 is 0 Å². The number of methoxy groups -OCH3 is 2. The van der Waals surface area contributed by atoms with E-state index in [9.17, 15) is 4.79 Å². The van der Waals surface area contributed by atoms with Crippen LogP contribution in [0.5, 0.6) is 11.5 Å². The molecule has 1 aromatic heterocycles. The maximum Gasteiger partial charge on any atom is 0.249 e. The van der Waals surface area contributed by atoms with Crippen LogP contribution in [-0.4, -0.2) is 53.3 Å². The Morgan fingerprint density at radius 1 is 1.19 bits per heavy atom. The molecule has 3 aromatic rings. The number of carbonyl (C=O) groups is 1. The number of hydrogen-bond acceptors (Lipinski definition) is 6. The first kappa shape index (κ1) is 20.9. The number of aromatic amines is 1. The van der Waals surface area contributed by atoms with Gasteiger partial charge in [-0.25, -0.2) is 0 Å². The molecule has 1 saturated heterocycles. The summed E-state index contributed by atoms with van der Waals surface area (Å²) >= 11 is 0. The molecule has 1 unspecified atom stereocenters. The van der Waals surface area contributed by atoms with Crippen LogP contribution in [0.3, 0.4) is 0 Å². The van der Waals surface area contributed by atoms with Crippen molar-refractivity contribution >= 4 is 11.9 Å². The van der Waals surface area contributed by atoms with Gasteiger partial charge < -0.3 is 9.47 Å². The van der Waals surface area contributed by atoms with Crippen molar-refractivity contribution in [1.29, 1.82) is 0 Å². The molecule has 0 spiro atoms. The van der Waals surface area contributed by atoms with Crippen molar-refractivity contribution in [1.82, 2.24) is 20.1 Å². The highest BCUT2D eigenvalue weighted by atomic mass is 16.5. The van der Waals surface area contributed by atoms with E-state index in [1.54, 1.807) is 20.3 Å². The summed E-state index contributed by atoms with van der Waals surface area (Å²) in [7, 11) is 3.18. The average Bonchev–Trinajstić information content (AvgIpc) is 3.27. The van der Waals surface area contributed by atoms with Gasteiger partial charge in [0.1, 0.15) is 11.5 Å². The first-order valence-electron chi connectivity index (χ1n) is 10.4. The Hall–Kier alpha value is -3.39. The van der Waals surface area contributed by atoms with E-state index in [4.69, 9.17) is 9.47 Å². The van der Waals surface area contributed by atoms with Crippen molar-refractivity contribution < 1.29 is 14.3 Å². The first-order valence-corrected chi connectivity index (χ1v) is 10.4. The summed E-state index contributed by atoms with van der Waals surface area (Å²) in [6.45, 7) is 2.58. The molecule has 0 radical (unpaired) electrons. The van der Waals surface area contributed by atoms with Crippen LogP contribution in [-0.2, 0) is 11.3 Å². The van der Waals surface area contributed by atoms with Crippen molar-refractivity contribution in [3.63, 3.8) is 0 Å². The van der Waals surface area contributed by atoms with E-state index in [2.05, 4.69) is 37.5 Å². The lowest BCUT2D eigenvalue weighted by molar-refractivity contribution is -0.121. The zero-order chi connectivity index (χ0) is 21.6. The maximum atomic E-state index is 12.8. The van der Waals surface area contributed by atoms with Crippen LogP contribution in [0.15, 0.2) is 48.5 Å². The highest BCUT2D eigenvalue weighted by Crippen LogP contribution is 2.31. The number of nitrogens with zero attached hydrogens (tertiary/aromatic N) is 3. The molecule has 1 aliphatic rings. The number of likely N-dealkylation sites (tertiary alicyclic amines) is 1. The average molecular weight is 422 g/mol. The van der Waals surface area contributed by atoms with E-state index in [1.165, 1.54) is 5.56 Å². The Balaban J connectivity index is 1.40. The van der Waals surface area contributed by atoms with Gasteiger partial charge in [0.15, 0.2) is 5.82 Å². The molecule has 8 heteroatoms. The molecule has 2 N–H and O–H groups in total. The lowest BCUT2D eigenvalue weighted by Crippen LogP contribution is -2.40. The van der Waals surface area contributed by atoms with Gasteiger partial charge in [0, 0.05) is 19.2 Å². The lowest BCUT2D eigenvalue weighted by Gasteiger charge is -2.31. The summed E-state index contributed by atoms with van der Waals surface area (Å²) in [5, 5.41) is 9.90. The zero-order valence-corrected chi connectivity index (χ0v) is 17.8. The summed E-state index contributed by atoms with van der Waals surface area (Å²) < 4.78 is 10.7. The van der Waals surface area contributed by atoms with Gasteiger partial charge in [-0.2, -0.15) is 4.98 Å². The topological polar surface area (TPSA) is 92.4 Å². The minimum atomic E-state index is -0.0880. The number of anilines is 1. The fourth-order valence-corrected chi connectivity index (χ4v) is 3.90. The maximum absolute atomic E-state index is 12.8. The van der Waals surface area contributed by atoms with Gasteiger partial charge in [-0.3, -0.25) is 20.1 Å². The first-order chi connectivity index (χ1) is 15.2. The second-order valence-corrected chi connectivity index (χ2v) is 7.62. The second-order valence-electron chi connectivity index (χ2n) is 7.62. The SMILES string of the molecule is COc1ccc(-c2nc(NC(=O)C3CCCN(Cc4ccccc4)C3)n[nH]2)c(OC)c1. The standard InChI is InChI=1S/C23H27N5O3/c1-30-18-10-11-19(20(13-18)31-2)21-24-23(27-26-21)25-22(29)17-9-6-12-28(15-17)14-16-7-4-3-5-8-16/h3-5,7-8,10-11,13,17H,6,9,12,14-15H2,1-2H3,(H2,24,25,26,27,29). The molecule has 31 heavy (non-hydrogen) atoms. The van der Waals surface area contributed by atoms with Gasteiger partial charge in [0.05, 0.1) is 25.7 Å². The van der Waals surface area contributed by atoms with Crippen LogP contribution >= 0.6 is 0 Å². The van der Waals surface area contributed by atoms with E-state index in [-0.39, 0.29) is 17.8 Å². The van der Waals surface area contributed by atoms with Crippen LogP contribution in [0.25, 0.3) is 11.4 Å². The number of nitrogens with one attached hydrogen (secondary N) is 2. The number of H-pyrrole nitrogens is 1. The molecule has 1 aliphatic heterocycles. The van der Waals surface area contributed by atoms with E-state index >= 15 is 0 Å². The number of ether oxygens (including phenoxy) is 2. The fourth-order valence-electron chi connectivity index (χ4n) is 3.90. The Morgan fingerprint density at radius 3 is 2.81 bits per heavy atom. The molecule has 0 aliphatic carbocycles. The molecule has 8 nitrogen and oxygen atoms in total. The number of aromatic nitrogens is 3. The van der Waals surface area contributed by atoms with E-state index in [0.717, 1.165) is 38.0 Å². The lowest BCUT2D eigenvalue weighted by atomic mass is 9.96. The predicted molar refractivity (Wildman–Crippen MR) is 118 cm³/mol. The number of hydrogen-bond donors (Lipinski definition) is 2. The quantitative estimate of drug-likeness (QED) is 0.608. The molecular weight excluding hydrogens is 394 g/mol. The number of amides is 1.